The monoisotopic (exact) mass is 794 g/mol. The maximum Gasteiger partial charge on any atom is 0.245 e. The summed E-state index contributed by atoms with van der Waals surface area (Å²) in [5.74, 6) is -0.283. The highest BCUT2D eigenvalue weighted by atomic mass is 35.5. The molecule has 2 aliphatic rings. The van der Waals surface area contributed by atoms with Gasteiger partial charge in [0, 0.05) is 83.6 Å². The number of halogens is 1. The van der Waals surface area contributed by atoms with E-state index in [2.05, 4.69) is 134 Å². The number of ether oxygens (including phenoxy) is 2. The van der Waals surface area contributed by atoms with Gasteiger partial charge in [0.05, 0.1) is 25.3 Å². The summed E-state index contributed by atoms with van der Waals surface area (Å²) in [5.41, 5.74) is 6.42. The molecule has 0 radical (unpaired) electrons. The summed E-state index contributed by atoms with van der Waals surface area (Å²) in [6.45, 7) is 13.4. The van der Waals surface area contributed by atoms with Crippen LogP contribution < -0.4 is 10.6 Å². The van der Waals surface area contributed by atoms with E-state index in [1.807, 2.05) is 12.1 Å². The first-order chi connectivity index (χ1) is 27.9. The molecule has 4 aromatic carbocycles. The molecular weight excluding hydrogens is 736 g/mol. The van der Waals surface area contributed by atoms with Crippen LogP contribution in [0, 0.1) is 6.92 Å². The molecule has 2 aliphatic heterocycles. The molecule has 0 spiro atoms. The van der Waals surface area contributed by atoms with E-state index in [1.165, 1.54) is 27.8 Å². The van der Waals surface area contributed by atoms with Crippen LogP contribution in [0.15, 0.2) is 109 Å². The van der Waals surface area contributed by atoms with Gasteiger partial charge in [-0.25, -0.2) is 0 Å². The summed E-state index contributed by atoms with van der Waals surface area (Å²) in [4.78, 5) is 34.5. The van der Waals surface area contributed by atoms with Crippen LogP contribution in [-0.4, -0.2) is 136 Å². The Labute approximate surface area is 344 Å². The quantitative estimate of drug-likeness (QED) is 0.115. The van der Waals surface area contributed by atoms with Crippen molar-refractivity contribution in [3.8, 4) is 0 Å². The zero-order valence-corrected chi connectivity index (χ0v) is 34.1. The van der Waals surface area contributed by atoms with Crippen molar-refractivity contribution in [2.45, 2.75) is 25.4 Å². The third-order valence-electron chi connectivity index (χ3n) is 10.9. The number of aryl methyl sites for hydroxylation is 1. The van der Waals surface area contributed by atoms with Crippen molar-refractivity contribution < 1.29 is 19.1 Å². The summed E-state index contributed by atoms with van der Waals surface area (Å²) in [7, 11) is 0. The number of hydrogen-bond donors (Lipinski definition) is 2. The molecule has 10 nitrogen and oxygen atoms in total. The minimum atomic E-state index is -0.144. The SMILES string of the molecule is Cc1ccc(C(c2ccccc2)N2CCN(CCOCC(=O)NCCCNC(=O)COCCN3CCN(C(c4ccccc4)c4ccc(Cl)cc4)CC3)CC2)cc1. The molecular formula is C46H59ClN6O4. The van der Waals surface area contributed by atoms with Crippen LogP contribution in [0.25, 0.3) is 0 Å². The van der Waals surface area contributed by atoms with Crippen LogP contribution in [0.1, 0.15) is 46.3 Å². The molecule has 0 bridgehead atoms. The van der Waals surface area contributed by atoms with E-state index in [9.17, 15) is 9.59 Å². The number of carbonyl (C=O) groups excluding carboxylic acids is 2. The third kappa shape index (κ3) is 13.5. The molecule has 2 amide bonds. The number of hydrogen-bond acceptors (Lipinski definition) is 8. The molecule has 2 heterocycles. The minimum absolute atomic E-state index is 0.0300. The molecule has 2 N–H and O–H groups in total. The fraction of sp³-hybridized carbons (Fsp3) is 0.435. The van der Waals surface area contributed by atoms with Crippen LogP contribution >= 0.6 is 11.6 Å². The number of benzene rings is 4. The molecule has 2 fully saturated rings. The Kier molecular flexibility index (Phi) is 16.9. The Balaban J connectivity index is 0.771. The van der Waals surface area contributed by atoms with Gasteiger partial charge >= 0.3 is 0 Å². The Morgan fingerprint density at radius 3 is 1.37 bits per heavy atom. The van der Waals surface area contributed by atoms with Crippen LogP contribution in [0.4, 0.5) is 0 Å². The Morgan fingerprint density at radius 1 is 0.561 bits per heavy atom. The van der Waals surface area contributed by atoms with E-state index in [0.29, 0.717) is 32.7 Å². The number of nitrogens with one attached hydrogen (secondary N) is 2. The Bertz CT molecular complexity index is 1640. The fourth-order valence-electron chi connectivity index (χ4n) is 7.75. The van der Waals surface area contributed by atoms with Crippen LogP contribution in [0.5, 0.6) is 0 Å². The average Bonchev–Trinajstić information content (AvgIpc) is 3.24. The largest absolute Gasteiger partial charge is 0.370 e. The predicted octanol–water partition coefficient (Wildman–Crippen LogP) is 5.42. The highest BCUT2D eigenvalue weighted by Gasteiger charge is 2.28. The maximum absolute atomic E-state index is 12.3. The zero-order valence-electron chi connectivity index (χ0n) is 33.4. The minimum Gasteiger partial charge on any atom is -0.370 e. The summed E-state index contributed by atoms with van der Waals surface area (Å²) in [5, 5.41) is 6.51. The molecule has 0 saturated carbocycles. The first kappa shape index (κ1) is 42.5. The van der Waals surface area contributed by atoms with E-state index in [0.717, 1.165) is 70.5 Å². The zero-order chi connectivity index (χ0) is 39.7. The topological polar surface area (TPSA) is 89.6 Å². The summed E-state index contributed by atoms with van der Waals surface area (Å²) in [6.07, 6.45) is 0.637. The molecule has 0 aliphatic carbocycles. The van der Waals surface area contributed by atoms with Crippen LogP contribution in [-0.2, 0) is 19.1 Å². The lowest BCUT2D eigenvalue weighted by Gasteiger charge is -2.39. The van der Waals surface area contributed by atoms with Gasteiger partial charge in [-0.15, -0.1) is 0 Å². The predicted molar refractivity (Wildman–Crippen MR) is 228 cm³/mol. The van der Waals surface area contributed by atoms with Gasteiger partial charge < -0.3 is 20.1 Å². The van der Waals surface area contributed by atoms with Crippen molar-refractivity contribution in [3.63, 3.8) is 0 Å². The highest BCUT2D eigenvalue weighted by molar-refractivity contribution is 6.30. The number of carbonyl (C=O) groups is 2. The van der Waals surface area contributed by atoms with Crippen molar-refractivity contribution in [1.82, 2.24) is 30.2 Å². The van der Waals surface area contributed by atoms with Crippen molar-refractivity contribution in [3.05, 3.63) is 142 Å². The van der Waals surface area contributed by atoms with Gasteiger partial charge in [-0.3, -0.25) is 29.2 Å². The molecule has 2 unspecified atom stereocenters. The van der Waals surface area contributed by atoms with Gasteiger partial charge in [0.2, 0.25) is 11.8 Å². The normalized spacial score (nSPS) is 16.9. The van der Waals surface area contributed by atoms with Crippen molar-refractivity contribution in [2.75, 3.05) is 105 Å². The molecule has 6 rings (SSSR count). The van der Waals surface area contributed by atoms with Crippen molar-refractivity contribution >= 4 is 23.4 Å². The molecule has 11 heteroatoms. The molecule has 2 saturated heterocycles. The number of rotatable bonds is 20. The lowest BCUT2D eigenvalue weighted by atomic mass is 9.95. The fourth-order valence-corrected chi connectivity index (χ4v) is 7.87. The molecule has 2 atom stereocenters. The number of nitrogens with zero attached hydrogens (tertiary/aromatic N) is 4. The second-order valence-electron chi connectivity index (χ2n) is 15.0. The van der Waals surface area contributed by atoms with E-state index in [-0.39, 0.29) is 37.1 Å². The number of amides is 2. The van der Waals surface area contributed by atoms with Gasteiger partial charge in [-0.05, 0) is 47.7 Å². The summed E-state index contributed by atoms with van der Waals surface area (Å²) in [6, 6.07) is 38.8. The first-order valence-corrected chi connectivity index (χ1v) is 20.8. The van der Waals surface area contributed by atoms with E-state index in [4.69, 9.17) is 21.1 Å². The highest BCUT2D eigenvalue weighted by Crippen LogP contribution is 2.31. The lowest BCUT2D eigenvalue weighted by Crippen LogP contribution is -2.48. The lowest BCUT2D eigenvalue weighted by molar-refractivity contribution is -0.126. The van der Waals surface area contributed by atoms with Gasteiger partial charge in [0.25, 0.3) is 0 Å². The van der Waals surface area contributed by atoms with Gasteiger partial charge in [-0.1, -0.05) is 114 Å². The second kappa shape index (κ2) is 22.7. The average molecular weight is 795 g/mol. The second-order valence-corrected chi connectivity index (χ2v) is 15.4. The molecule has 57 heavy (non-hydrogen) atoms. The Hall–Kier alpha value is -4.13. The van der Waals surface area contributed by atoms with E-state index in [1.54, 1.807) is 0 Å². The Morgan fingerprint density at radius 2 is 0.947 bits per heavy atom. The molecule has 0 aromatic heterocycles. The summed E-state index contributed by atoms with van der Waals surface area (Å²) >= 11 is 6.18. The van der Waals surface area contributed by atoms with Gasteiger partial charge in [0.15, 0.2) is 0 Å². The van der Waals surface area contributed by atoms with Gasteiger partial charge in [-0.2, -0.15) is 0 Å². The van der Waals surface area contributed by atoms with Crippen molar-refractivity contribution in [1.29, 1.82) is 0 Å². The smallest absolute Gasteiger partial charge is 0.245 e. The van der Waals surface area contributed by atoms with Crippen LogP contribution in [0.2, 0.25) is 5.02 Å². The first-order valence-electron chi connectivity index (χ1n) is 20.5. The third-order valence-corrected chi connectivity index (χ3v) is 11.2. The van der Waals surface area contributed by atoms with E-state index >= 15 is 0 Å². The molecule has 304 valence electrons. The van der Waals surface area contributed by atoms with Crippen LogP contribution in [0.3, 0.4) is 0 Å². The van der Waals surface area contributed by atoms with Gasteiger partial charge in [0.1, 0.15) is 13.2 Å². The summed E-state index contributed by atoms with van der Waals surface area (Å²) < 4.78 is 11.4. The van der Waals surface area contributed by atoms with E-state index < -0.39 is 0 Å². The standard InChI is InChI=1S/C46H59ClN6O4/c1-37-13-15-40(16-14-37)45(38-9-4-2-5-10-38)52-27-23-50(24-28-52)31-33-56-35-43(54)48-21-8-22-49-44(55)36-57-34-32-51-25-29-53(30-26-51)46(39-11-6-3-7-12-39)41-17-19-42(47)20-18-41/h2-7,9-20,45-46H,8,21-36H2,1H3,(H,48,54)(H,49,55). The maximum atomic E-state index is 12.3. The van der Waals surface area contributed by atoms with Crippen molar-refractivity contribution in [2.24, 2.45) is 0 Å². The molecule has 4 aromatic rings. The number of piperazine rings is 2.